The summed E-state index contributed by atoms with van der Waals surface area (Å²) in [6, 6.07) is 0. The zero-order valence-corrected chi connectivity index (χ0v) is 10.2. The van der Waals surface area contributed by atoms with Crippen LogP contribution < -0.4 is 0 Å². The molecule has 5 nitrogen and oxygen atoms in total. The molecule has 0 radical (unpaired) electrons. The molecule has 1 aliphatic rings. The lowest BCUT2D eigenvalue weighted by Crippen LogP contribution is -2.55. The van der Waals surface area contributed by atoms with Crippen LogP contribution in [0.5, 0.6) is 0 Å². The van der Waals surface area contributed by atoms with E-state index >= 15 is 0 Å². The third-order valence-corrected chi connectivity index (χ3v) is 2.95. The Kier molecular flexibility index (Phi) is 6.33. The van der Waals surface area contributed by atoms with Gasteiger partial charge < -0.3 is 24.8 Å². The minimum atomic E-state index is -1.15. The summed E-state index contributed by atoms with van der Waals surface area (Å²) in [6.45, 7) is 3.60. The van der Waals surface area contributed by atoms with E-state index in [1.165, 1.54) is 6.08 Å². The summed E-state index contributed by atoms with van der Waals surface area (Å²) in [7, 11) is 0. The average Bonchev–Trinajstić information content (AvgIpc) is 2.38. The van der Waals surface area contributed by atoms with Crippen LogP contribution in [-0.2, 0) is 9.47 Å². The van der Waals surface area contributed by atoms with Gasteiger partial charge in [0.05, 0.1) is 25.2 Å². The Morgan fingerprint density at radius 1 is 1.39 bits per heavy atom. The van der Waals surface area contributed by atoms with Gasteiger partial charge in [0, 0.05) is 6.42 Å². The predicted octanol–water partition coefficient (Wildman–Crippen LogP) is -0.342. The molecule has 0 aromatic rings. The summed E-state index contributed by atoms with van der Waals surface area (Å²) in [4.78, 5) is 0. The molecule has 18 heavy (non-hydrogen) atoms. The van der Waals surface area contributed by atoms with Crippen molar-refractivity contribution in [2.24, 2.45) is 5.92 Å². The third-order valence-electron chi connectivity index (χ3n) is 2.95. The fourth-order valence-electron chi connectivity index (χ4n) is 1.88. The number of aliphatic hydroxyl groups excluding tert-OH is 3. The Hall–Kier alpha value is -0.900. The number of rotatable bonds is 6. The van der Waals surface area contributed by atoms with Crippen LogP contribution in [0.4, 0.5) is 0 Å². The smallest absolute Gasteiger partial charge is 0.166 e. The normalized spacial score (nSPS) is 36.0. The molecule has 0 unspecified atom stereocenters. The van der Waals surface area contributed by atoms with Gasteiger partial charge in [0.1, 0.15) is 12.2 Å². The molecule has 1 rings (SSSR count). The van der Waals surface area contributed by atoms with Crippen LogP contribution in [0.3, 0.4) is 0 Å². The lowest BCUT2D eigenvalue weighted by Gasteiger charge is -2.40. The fraction of sp³-hybridized carbons (Fsp3) is 0.692. The van der Waals surface area contributed by atoms with Crippen molar-refractivity contribution < 1.29 is 24.8 Å². The summed E-state index contributed by atoms with van der Waals surface area (Å²) in [5.41, 5.74) is 0. The molecule has 102 valence electrons. The van der Waals surface area contributed by atoms with Gasteiger partial charge in [-0.25, -0.2) is 0 Å². The van der Waals surface area contributed by atoms with Crippen molar-refractivity contribution in [3.63, 3.8) is 0 Å². The van der Waals surface area contributed by atoms with Crippen LogP contribution in [0.25, 0.3) is 0 Å². The highest BCUT2D eigenvalue weighted by molar-refractivity contribution is 4.96. The number of terminal acetylenes is 1. The Labute approximate surface area is 107 Å². The van der Waals surface area contributed by atoms with Crippen molar-refractivity contribution in [2.75, 3.05) is 13.2 Å². The van der Waals surface area contributed by atoms with E-state index in [1.807, 2.05) is 0 Å². The van der Waals surface area contributed by atoms with E-state index in [1.54, 1.807) is 0 Å². The van der Waals surface area contributed by atoms with E-state index < -0.39 is 30.5 Å². The van der Waals surface area contributed by atoms with Crippen molar-refractivity contribution in [1.82, 2.24) is 0 Å². The summed E-state index contributed by atoms with van der Waals surface area (Å²) < 4.78 is 10.9. The highest BCUT2D eigenvalue weighted by Crippen LogP contribution is 2.27. The largest absolute Gasteiger partial charge is 0.394 e. The lowest BCUT2D eigenvalue weighted by atomic mass is 9.91. The van der Waals surface area contributed by atoms with Crippen LogP contribution >= 0.6 is 0 Å². The van der Waals surface area contributed by atoms with Crippen molar-refractivity contribution in [2.45, 2.75) is 37.4 Å². The quantitative estimate of drug-likeness (QED) is 0.344. The van der Waals surface area contributed by atoms with Gasteiger partial charge in [-0.15, -0.1) is 18.9 Å². The Morgan fingerprint density at radius 3 is 2.67 bits per heavy atom. The van der Waals surface area contributed by atoms with Crippen molar-refractivity contribution in [3.05, 3.63) is 12.7 Å². The maximum absolute atomic E-state index is 9.89. The fourth-order valence-corrected chi connectivity index (χ4v) is 1.88. The Balaban J connectivity index is 2.57. The van der Waals surface area contributed by atoms with Gasteiger partial charge in [0.15, 0.2) is 6.29 Å². The van der Waals surface area contributed by atoms with E-state index in [0.717, 1.165) is 0 Å². The maximum atomic E-state index is 9.89. The molecule has 5 atom stereocenters. The zero-order valence-electron chi connectivity index (χ0n) is 10.2. The molecular formula is C13H20O5. The number of unbranched alkanes of at least 4 members (excludes halogenated alkanes) is 1. The van der Waals surface area contributed by atoms with Crippen LogP contribution in [0.15, 0.2) is 12.7 Å². The van der Waals surface area contributed by atoms with Crippen LogP contribution in [0.2, 0.25) is 0 Å². The van der Waals surface area contributed by atoms with Gasteiger partial charge in [0.25, 0.3) is 0 Å². The zero-order chi connectivity index (χ0) is 13.5. The van der Waals surface area contributed by atoms with Gasteiger partial charge in [-0.1, -0.05) is 6.08 Å². The van der Waals surface area contributed by atoms with Gasteiger partial charge in [-0.2, -0.15) is 0 Å². The van der Waals surface area contributed by atoms with Crippen LogP contribution in [0, 0.1) is 18.3 Å². The minimum Gasteiger partial charge on any atom is -0.394 e. The van der Waals surface area contributed by atoms with Crippen molar-refractivity contribution >= 4 is 0 Å². The van der Waals surface area contributed by atoms with Crippen LogP contribution in [0.1, 0.15) is 12.8 Å². The average molecular weight is 256 g/mol. The van der Waals surface area contributed by atoms with Gasteiger partial charge >= 0.3 is 0 Å². The summed E-state index contributed by atoms with van der Waals surface area (Å²) >= 11 is 0. The first kappa shape index (κ1) is 15.2. The third kappa shape index (κ3) is 3.55. The SMILES string of the molecule is C#CCCCO[C@@H]1O[C@H](CO)[C@H](O)[C@H](O)[C@H]1C=C. The van der Waals surface area contributed by atoms with E-state index in [4.69, 9.17) is 21.0 Å². The molecule has 1 aliphatic heterocycles. The highest BCUT2D eigenvalue weighted by atomic mass is 16.7. The van der Waals surface area contributed by atoms with E-state index in [0.29, 0.717) is 19.4 Å². The second-order valence-corrected chi connectivity index (χ2v) is 4.20. The monoisotopic (exact) mass is 256 g/mol. The predicted molar refractivity (Wildman–Crippen MR) is 65.5 cm³/mol. The van der Waals surface area contributed by atoms with Gasteiger partial charge in [0.2, 0.25) is 0 Å². The molecule has 1 saturated heterocycles. The molecule has 0 amide bonds. The first-order valence-electron chi connectivity index (χ1n) is 5.95. The lowest BCUT2D eigenvalue weighted by molar-refractivity contribution is -0.276. The molecule has 0 aromatic carbocycles. The Morgan fingerprint density at radius 2 is 2.11 bits per heavy atom. The molecule has 0 saturated carbocycles. The highest BCUT2D eigenvalue weighted by Gasteiger charge is 2.43. The number of hydrogen-bond donors (Lipinski definition) is 3. The molecule has 1 fully saturated rings. The minimum absolute atomic E-state index is 0.383. The molecule has 5 heteroatoms. The van der Waals surface area contributed by atoms with E-state index in [2.05, 4.69) is 12.5 Å². The molecule has 1 heterocycles. The van der Waals surface area contributed by atoms with Crippen LogP contribution in [-0.4, -0.2) is 53.1 Å². The van der Waals surface area contributed by atoms with E-state index in [-0.39, 0.29) is 6.61 Å². The number of ether oxygens (including phenoxy) is 2. The van der Waals surface area contributed by atoms with Gasteiger partial charge in [-0.05, 0) is 6.42 Å². The molecule has 3 N–H and O–H groups in total. The maximum Gasteiger partial charge on any atom is 0.166 e. The van der Waals surface area contributed by atoms with E-state index in [9.17, 15) is 10.2 Å². The molecular weight excluding hydrogens is 236 g/mol. The molecule has 0 aliphatic carbocycles. The second kappa shape index (κ2) is 7.52. The Bertz CT molecular complexity index is 298. The number of aliphatic hydroxyl groups is 3. The molecule has 0 spiro atoms. The standard InChI is InChI=1S/C13H20O5/c1-3-5-6-7-17-13-9(4-2)11(15)12(16)10(8-14)18-13/h1,4,9-16H,2,5-8H2/t9-,10-,11-,12+,13-/m1/s1. The topological polar surface area (TPSA) is 79.2 Å². The second-order valence-electron chi connectivity index (χ2n) is 4.20. The number of hydrogen-bond acceptors (Lipinski definition) is 5. The summed E-state index contributed by atoms with van der Waals surface area (Å²) in [5.74, 6) is 1.96. The molecule has 0 aromatic heterocycles. The summed E-state index contributed by atoms with van der Waals surface area (Å²) in [5, 5.41) is 28.7. The van der Waals surface area contributed by atoms with Gasteiger partial charge in [-0.3, -0.25) is 0 Å². The summed E-state index contributed by atoms with van der Waals surface area (Å²) in [6.07, 6.45) is 4.09. The van der Waals surface area contributed by atoms with Crippen molar-refractivity contribution in [1.29, 1.82) is 0 Å². The first-order valence-corrected chi connectivity index (χ1v) is 5.95. The van der Waals surface area contributed by atoms with Crippen molar-refractivity contribution in [3.8, 4) is 12.3 Å². The first-order chi connectivity index (χ1) is 8.65. The molecule has 0 bridgehead atoms.